The zero-order valence-corrected chi connectivity index (χ0v) is 17.1. The number of pyridine rings is 1. The molecule has 29 heavy (non-hydrogen) atoms. The normalized spacial score (nSPS) is 10.3. The molecule has 6 heteroatoms. The van der Waals surface area contributed by atoms with Crippen LogP contribution in [-0.2, 0) is 6.42 Å². The van der Waals surface area contributed by atoms with Crippen molar-refractivity contribution in [2.75, 3.05) is 5.32 Å². The summed E-state index contributed by atoms with van der Waals surface area (Å²) in [5.74, 6) is 0.141. The maximum Gasteiger partial charge on any atom is 0.160 e. The fraction of sp³-hybridized carbons (Fsp3) is 0.174. The minimum absolute atomic E-state index is 0.0570. The first-order chi connectivity index (χ1) is 14.1. The Morgan fingerprint density at radius 2 is 1.62 bits per heavy atom. The molecule has 0 aliphatic carbocycles. The van der Waals surface area contributed by atoms with Gasteiger partial charge in [-0.15, -0.1) is 5.10 Å². The predicted octanol–water partition coefficient (Wildman–Crippen LogP) is 6.57. The lowest BCUT2D eigenvalue weighted by Crippen LogP contribution is -2.02. The molecule has 0 spiro atoms. The lowest BCUT2D eigenvalue weighted by molar-refractivity contribution is 0.628. The number of nitrogens with one attached hydrogen (secondary N) is 1. The first-order valence-electron chi connectivity index (χ1n) is 9.47. The van der Waals surface area contributed by atoms with Gasteiger partial charge in [0, 0.05) is 35.3 Å². The Hall–Kier alpha value is -3.05. The van der Waals surface area contributed by atoms with E-state index in [1.165, 1.54) is 18.6 Å². The van der Waals surface area contributed by atoms with E-state index in [4.69, 9.17) is 11.6 Å². The van der Waals surface area contributed by atoms with Gasteiger partial charge in [-0.25, -0.2) is 4.39 Å². The summed E-state index contributed by atoms with van der Waals surface area (Å²) in [6.45, 7) is 4.25. The van der Waals surface area contributed by atoms with Crippen LogP contribution in [0.2, 0.25) is 5.02 Å². The highest BCUT2D eigenvalue weighted by Gasteiger charge is 2.11. The van der Waals surface area contributed by atoms with Crippen LogP contribution >= 0.6 is 11.6 Å². The van der Waals surface area contributed by atoms with Gasteiger partial charge in [0.2, 0.25) is 0 Å². The Morgan fingerprint density at radius 3 is 2.31 bits per heavy atom. The molecular formula is C23H22ClFN4. The third kappa shape index (κ3) is 5.27. The van der Waals surface area contributed by atoms with Gasteiger partial charge in [-0.2, -0.15) is 5.10 Å². The molecule has 0 saturated carbocycles. The molecule has 0 bridgehead atoms. The smallest absolute Gasteiger partial charge is 0.160 e. The van der Waals surface area contributed by atoms with Crippen LogP contribution in [0.3, 0.4) is 0 Å². The first-order valence-corrected chi connectivity index (χ1v) is 9.85. The van der Waals surface area contributed by atoms with E-state index in [-0.39, 0.29) is 5.02 Å². The number of nitrogens with zero attached hydrogens (tertiary/aromatic N) is 3. The Labute approximate surface area is 174 Å². The first kappa shape index (κ1) is 20.7. The van der Waals surface area contributed by atoms with E-state index in [0.717, 1.165) is 22.0 Å². The monoisotopic (exact) mass is 408 g/mol. The number of hydrogen-bond acceptors (Lipinski definition) is 4. The average molecular weight is 409 g/mol. The lowest BCUT2D eigenvalue weighted by Gasteiger charge is -2.11. The van der Waals surface area contributed by atoms with Gasteiger partial charge in [0.1, 0.15) is 5.82 Å². The van der Waals surface area contributed by atoms with Crippen molar-refractivity contribution in [3.8, 4) is 0 Å². The Kier molecular flexibility index (Phi) is 7.09. The number of fused-ring (bicyclic) bond motifs is 1. The third-order valence-electron chi connectivity index (χ3n) is 4.07. The van der Waals surface area contributed by atoms with E-state index < -0.39 is 5.82 Å². The third-order valence-corrected chi connectivity index (χ3v) is 4.36. The molecule has 4 rings (SSSR count). The van der Waals surface area contributed by atoms with E-state index in [1.54, 1.807) is 18.5 Å². The van der Waals surface area contributed by atoms with E-state index in [9.17, 15) is 4.39 Å². The summed E-state index contributed by atoms with van der Waals surface area (Å²) in [5.41, 5.74) is 2.65. The van der Waals surface area contributed by atoms with Gasteiger partial charge in [-0.05, 0) is 35.9 Å². The van der Waals surface area contributed by atoms with Crippen LogP contribution in [0.15, 0.2) is 67.0 Å². The van der Waals surface area contributed by atoms with Gasteiger partial charge in [-0.1, -0.05) is 56.1 Å². The number of benzene rings is 2. The summed E-state index contributed by atoms with van der Waals surface area (Å²) >= 11 is 5.86. The van der Waals surface area contributed by atoms with Crippen molar-refractivity contribution in [3.63, 3.8) is 0 Å². The molecular weight excluding hydrogens is 387 g/mol. The van der Waals surface area contributed by atoms with Crippen LogP contribution in [0.1, 0.15) is 31.5 Å². The van der Waals surface area contributed by atoms with Crippen LogP contribution in [-0.4, -0.2) is 15.2 Å². The molecule has 0 amide bonds. The highest BCUT2D eigenvalue weighted by atomic mass is 35.5. The number of anilines is 2. The minimum Gasteiger partial charge on any atom is -0.338 e. The summed E-state index contributed by atoms with van der Waals surface area (Å²) in [4.78, 5) is 4.04. The van der Waals surface area contributed by atoms with Crippen molar-refractivity contribution in [2.45, 2.75) is 26.7 Å². The van der Waals surface area contributed by atoms with E-state index in [0.29, 0.717) is 17.9 Å². The molecule has 2 aromatic carbocycles. The number of halogens is 2. The maximum absolute atomic E-state index is 13.4. The number of rotatable bonds is 4. The molecule has 0 radical (unpaired) electrons. The van der Waals surface area contributed by atoms with Gasteiger partial charge >= 0.3 is 0 Å². The van der Waals surface area contributed by atoms with Crippen molar-refractivity contribution in [2.24, 2.45) is 0 Å². The average Bonchev–Trinajstić information content (AvgIpc) is 2.74. The highest BCUT2D eigenvalue weighted by Crippen LogP contribution is 2.28. The molecule has 4 aromatic rings. The zero-order valence-electron chi connectivity index (χ0n) is 16.4. The topological polar surface area (TPSA) is 50.7 Å². The molecule has 0 saturated heterocycles. The van der Waals surface area contributed by atoms with Crippen molar-refractivity contribution in [3.05, 3.63) is 89.1 Å². The molecule has 4 nitrogen and oxygen atoms in total. The van der Waals surface area contributed by atoms with E-state index in [1.807, 2.05) is 36.4 Å². The molecule has 0 unspecified atom stereocenters. The Balaban J connectivity index is 0.000000755. The minimum atomic E-state index is -0.458. The lowest BCUT2D eigenvalue weighted by atomic mass is 10.0. The standard InChI is InChI=1S/C20H14ClFN4.C3H8/c21-17-12-14(5-6-18(17)22)24-20-16-4-2-1-3-15(16)19(25-26-20)11-13-7-9-23-10-8-13;1-3-2/h1-10,12H,11H2,(H,24,26);3H2,1-2H3. The molecule has 2 heterocycles. The predicted molar refractivity (Wildman–Crippen MR) is 117 cm³/mol. The van der Waals surface area contributed by atoms with Crippen LogP contribution in [0.5, 0.6) is 0 Å². The quantitative estimate of drug-likeness (QED) is 0.415. The molecule has 0 aliphatic heterocycles. The van der Waals surface area contributed by atoms with Gasteiger partial charge in [0.25, 0.3) is 0 Å². The summed E-state index contributed by atoms with van der Waals surface area (Å²) in [6.07, 6.45) is 5.44. The molecule has 1 N–H and O–H groups in total. The molecule has 0 fully saturated rings. The van der Waals surface area contributed by atoms with Crippen molar-refractivity contribution in [1.82, 2.24) is 15.2 Å². The SMILES string of the molecule is CCC.Fc1ccc(Nc2nnc(Cc3ccncc3)c3ccccc23)cc1Cl. The highest BCUT2D eigenvalue weighted by molar-refractivity contribution is 6.31. The summed E-state index contributed by atoms with van der Waals surface area (Å²) in [5, 5.41) is 13.9. The Morgan fingerprint density at radius 1 is 0.931 bits per heavy atom. The molecule has 0 atom stereocenters. The van der Waals surface area contributed by atoms with Crippen LogP contribution < -0.4 is 5.32 Å². The summed E-state index contributed by atoms with van der Waals surface area (Å²) in [7, 11) is 0. The van der Waals surface area contributed by atoms with Crippen molar-refractivity contribution in [1.29, 1.82) is 0 Å². The number of hydrogen-bond donors (Lipinski definition) is 1. The van der Waals surface area contributed by atoms with Gasteiger partial charge in [0.15, 0.2) is 5.82 Å². The Bertz CT molecular complexity index is 1090. The fourth-order valence-electron chi connectivity index (χ4n) is 2.79. The van der Waals surface area contributed by atoms with E-state index >= 15 is 0 Å². The number of aromatic nitrogens is 3. The van der Waals surface area contributed by atoms with Gasteiger partial charge in [-0.3, -0.25) is 4.98 Å². The zero-order chi connectivity index (χ0) is 20.6. The second kappa shape index (κ2) is 9.94. The largest absolute Gasteiger partial charge is 0.338 e. The molecule has 148 valence electrons. The second-order valence-electron chi connectivity index (χ2n) is 6.53. The van der Waals surface area contributed by atoms with Crippen LogP contribution in [0, 0.1) is 5.82 Å². The van der Waals surface area contributed by atoms with Crippen molar-refractivity contribution >= 4 is 33.9 Å². The van der Waals surface area contributed by atoms with Crippen molar-refractivity contribution < 1.29 is 4.39 Å². The molecule has 0 aliphatic rings. The maximum atomic E-state index is 13.4. The van der Waals surface area contributed by atoms with Crippen LogP contribution in [0.4, 0.5) is 15.9 Å². The summed E-state index contributed by atoms with van der Waals surface area (Å²) < 4.78 is 13.4. The van der Waals surface area contributed by atoms with E-state index in [2.05, 4.69) is 34.3 Å². The van der Waals surface area contributed by atoms with Crippen LogP contribution in [0.25, 0.3) is 10.8 Å². The van der Waals surface area contributed by atoms with Gasteiger partial charge in [0.05, 0.1) is 10.7 Å². The molecule has 2 aromatic heterocycles. The second-order valence-corrected chi connectivity index (χ2v) is 6.94. The van der Waals surface area contributed by atoms with Gasteiger partial charge < -0.3 is 5.32 Å². The summed E-state index contributed by atoms with van der Waals surface area (Å²) in [6, 6.07) is 16.3. The fourth-order valence-corrected chi connectivity index (χ4v) is 2.97.